The van der Waals surface area contributed by atoms with E-state index in [1.165, 1.54) is 41.5 Å². The maximum atomic E-state index is 12.6. The Labute approximate surface area is 196 Å². The zero-order chi connectivity index (χ0) is 22.1. The Bertz CT molecular complexity index is 1080. The van der Waals surface area contributed by atoms with Crippen molar-refractivity contribution in [1.29, 1.82) is 0 Å². The third-order valence-corrected chi connectivity index (χ3v) is 7.76. The van der Waals surface area contributed by atoms with Crippen molar-refractivity contribution in [3.8, 4) is 11.3 Å². The second kappa shape index (κ2) is 9.23. The number of amides is 1. The van der Waals surface area contributed by atoms with Gasteiger partial charge in [-0.15, -0.1) is 21.5 Å². The van der Waals surface area contributed by atoms with E-state index in [1.807, 2.05) is 5.38 Å². The molecule has 2 aromatic heterocycles. The molecule has 9 heteroatoms. The normalized spacial score (nSPS) is 17.0. The number of anilines is 2. The Balaban J connectivity index is 1.21. The molecule has 2 aliphatic rings. The summed E-state index contributed by atoms with van der Waals surface area (Å²) >= 11 is 2.91. The highest BCUT2D eigenvalue weighted by Crippen LogP contribution is 2.41. The third-order valence-electron chi connectivity index (χ3n) is 6.06. The summed E-state index contributed by atoms with van der Waals surface area (Å²) in [5.74, 6) is 1.98. The van der Waals surface area contributed by atoms with Crippen LogP contribution in [-0.4, -0.2) is 44.5 Å². The fraction of sp³-hybridized carbons (Fsp3) is 0.478. The van der Waals surface area contributed by atoms with E-state index in [2.05, 4.69) is 68.1 Å². The molecule has 1 aliphatic carbocycles. The number of aromatic nitrogens is 4. The van der Waals surface area contributed by atoms with Crippen molar-refractivity contribution in [3.63, 3.8) is 0 Å². The number of hydrogen-bond acceptors (Lipinski definition) is 7. The van der Waals surface area contributed by atoms with Gasteiger partial charge in [-0.1, -0.05) is 48.5 Å². The van der Waals surface area contributed by atoms with Crippen LogP contribution < -0.4 is 10.2 Å². The van der Waals surface area contributed by atoms with E-state index in [-0.39, 0.29) is 5.91 Å². The first-order chi connectivity index (χ1) is 15.6. The first-order valence-corrected chi connectivity index (χ1v) is 13.1. The average Bonchev–Trinajstić information content (AvgIpc) is 3.37. The van der Waals surface area contributed by atoms with Crippen LogP contribution in [0.3, 0.4) is 0 Å². The lowest BCUT2D eigenvalue weighted by atomic mass is 10.00. The summed E-state index contributed by atoms with van der Waals surface area (Å²) in [5.41, 5.74) is 3.15. The van der Waals surface area contributed by atoms with Gasteiger partial charge in [0.15, 0.2) is 10.3 Å². The summed E-state index contributed by atoms with van der Waals surface area (Å²) in [6, 6.07) is 8.71. The minimum Gasteiger partial charge on any atom is -0.341 e. The van der Waals surface area contributed by atoms with E-state index in [0.29, 0.717) is 16.9 Å². The molecule has 1 aromatic carbocycles. The van der Waals surface area contributed by atoms with Crippen LogP contribution in [0, 0.1) is 12.8 Å². The van der Waals surface area contributed by atoms with E-state index >= 15 is 0 Å². The molecule has 3 heterocycles. The predicted molar refractivity (Wildman–Crippen MR) is 131 cm³/mol. The molecular weight excluding hydrogens is 440 g/mol. The van der Waals surface area contributed by atoms with Gasteiger partial charge in [0, 0.05) is 30.1 Å². The van der Waals surface area contributed by atoms with Gasteiger partial charge in [0.1, 0.15) is 0 Å². The highest BCUT2D eigenvalue weighted by Gasteiger charge is 2.32. The SMILES string of the molecule is Cc1ccc(-c2csc(NC(=O)CSc3nnc(N4CCC(C)CC4)n3C3CC3)n2)cc1. The number of thioether (sulfide) groups is 1. The van der Waals surface area contributed by atoms with Crippen molar-refractivity contribution in [3.05, 3.63) is 35.2 Å². The number of carbonyl (C=O) groups is 1. The molecule has 3 aromatic rings. The third kappa shape index (κ3) is 4.83. The minimum absolute atomic E-state index is 0.0708. The highest BCUT2D eigenvalue weighted by atomic mass is 32.2. The molecule has 168 valence electrons. The minimum atomic E-state index is -0.0708. The lowest BCUT2D eigenvalue weighted by Crippen LogP contribution is -2.34. The van der Waals surface area contributed by atoms with E-state index < -0.39 is 0 Å². The van der Waals surface area contributed by atoms with Gasteiger partial charge in [0.25, 0.3) is 0 Å². The smallest absolute Gasteiger partial charge is 0.236 e. The number of aryl methyl sites for hydroxylation is 1. The summed E-state index contributed by atoms with van der Waals surface area (Å²) in [6.07, 6.45) is 4.72. The molecule has 1 saturated heterocycles. The van der Waals surface area contributed by atoms with Crippen molar-refractivity contribution in [1.82, 2.24) is 19.7 Å². The fourth-order valence-corrected chi connectivity index (χ4v) is 5.45. The van der Waals surface area contributed by atoms with Crippen LogP contribution >= 0.6 is 23.1 Å². The molecule has 0 bridgehead atoms. The Kier molecular flexibility index (Phi) is 6.19. The molecule has 1 saturated carbocycles. The first-order valence-electron chi connectivity index (χ1n) is 11.2. The van der Waals surface area contributed by atoms with Gasteiger partial charge >= 0.3 is 0 Å². The number of hydrogen-bond donors (Lipinski definition) is 1. The second-order valence-corrected chi connectivity index (χ2v) is 10.6. The summed E-state index contributed by atoms with van der Waals surface area (Å²) in [5, 5.41) is 15.3. The molecule has 1 amide bonds. The molecule has 0 spiro atoms. The molecule has 5 rings (SSSR count). The summed E-state index contributed by atoms with van der Waals surface area (Å²) < 4.78 is 2.26. The van der Waals surface area contributed by atoms with Crippen molar-refractivity contribution in [2.24, 2.45) is 5.92 Å². The van der Waals surface area contributed by atoms with Crippen LogP contribution in [0.1, 0.15) is 44.2 Å². The van der Waals surface area contributed by atoms with Gasteiger partial charge in [-0.05, 0) is 38.5 Å². The van der Waals surface area contributed by atoms with Gasteiger partial charge in [-0.3, -0.25) is 9.36 Å². The number of benzene rings is 1. The van der Waals surface area contributed by atoms with Crippen molar-refractivity contribution in [2.75, 3.05) is 29.1 Å². The molecule has 2 fully saturated rings. The molecule has 1 aliphatic heterocycles. The zero-order valence-corrected chi connectivity index (χ0v) is 20.1. The molecular formula is C23H28N6OS2. The van der Waals surface area contributed by atoms with Gasteiger partial charge in [-0.2, -0.15) is 0 Å². The van der Waals surface area contributed by atoms with Crippen LogP contribution in [0.5, 0.6) is 0 Å². The number of nitrogens with one attached hydrogen (secondary N) is 1. The largest absolute Gasteiger partial charge is 0.341 e. The maximum absolute atomic E-state index is 12.6. The molecule has 0 atom stereocenters. The van der Waals surface area contributed by atoms with Crippen molar-refractivity contribution < 1.29 is 4.79 Å². The number of carbonyl (C=O) groups excluding carboxylic acids is 1. The summed E-state index contributed by atoms with van der Waals surface area (Å²) in [4.78, 5) is 19.5. The molecule has 32 heavy (non-hydrogen) atoms. The van der Waals surface area contributed by atoms with E-state index in [1.54, 1.807) is 0 Å². The standard InChI is InChI=1S/C23H28N6OS2/c1-15-3-5-17(6-4-15)19-13-31-21(24-19)25-20(30)14-32-23-27-26-22(29(23)18-7-8-18)28-11-9-16(2)10-12-28/h3-6,13,16,18H,7-12,14H2,1-2H3,(H,24,25,30). The number of piperidine rings is 1. The lowest BCUT2D eigenvalue weighted by Gasteiger charge is -2.31. The van der Waals surface area contributed by atoms with Crippen molar-refractivity contribution in [2.45, 2.75) is 50.7 Å². The van der Waals surface area contributed by atoms with Crippen LogP contribution in [0.25, 0.3) is 11.3 Å². The van der Waals surface area contributed by atoms with Crippen LogP contribution in [0.4, 0.5) is 11.1 Å². The Morgan fingerprint density at radius 2 is 1.91 bits per heavy atom. The number of rotatable bonds is 7. The van der Waals surface area contributed by atoms with Crippen LogP contribution in [0.2, 0.25) is 0 Å². The Morgan fingerprint density at radius 1 is 1.16 bits per heavy atom. The van der Waals surface area contributed by atoms with Gasteiger partial charge < -0.3 is 10.2 Å². The fourth-order valence-electron chi connectivity index (χ4n) is 3.92. The first kappa shape index (κ1) is 21.5. The van der Waals surface area contributed by atoms with Gasteiger partial charge in [-0.25, -0.2) is 4.98 Å². The summed E-state index contributed by atoms with van der Waals surface area (Å²) in [6.45, 7) is 6.44. The molecule has 0 radical (unpaired) electrons. The Morgan fingerprint density at radius 3 is 2.62 bits per heavy atom. The second-order valence-electron chi connectivity index (χ2n) is 8.79. The van der Waals surface area contributed by atoms with E-state index in [0.717, 1.165) is 54.2 Å². The Hall–Kier alpha value is -2.39. The summed E-state index contributed by atoms with van der Waals surface area (Å²) in [7, 11) is 0. The zero-order valence-electron chi connectivity index (χ0n) is 18.5. The highest BCUT2D eigenvalue weighted by molar-refractivity contribution is 7.99. The van der Waals surface area contributed by atoms with Crippen LogP contribution in [-0.2, 0) is 4.79 Å². The molecule has 0 unspecified atom stereocenters. The van der Waals surface area contributed by atoms with Crippen LogP contribution in [0.15, 0.2) is 34.8 Å². The average molecular weight is 469 g/mol. The molecule has 1 N–H and O–H groups in total. The quantitative estimate of drug-likeness (QED) is 0.491. The maximum Gasteiger partial charge on any atom is 0.236 e. The van der Waals surface area contributed by atoms with Crippen molar-refractivity contribution >= 4 is 40.1 Å². The van der Waals surface area contributed by atoms with E-state index in [9.17, 15) is 4.79 Å². The topological polar surface area (TPSA) is 75.9 Å². The molecule has 7 nitrogen and oxygen atoms in total. The monoisotopic (exact) mass is 468 g/mol. The van der Waals surface area contributed by atoms with Gasteiger partial charge in [0.05, 0.1) is 11.4 Å². The van der Waals surface area contributed by atoms with E-state index in [4.69, 9.17) is 0 Å². The van der Waals surface area contributed by atoms with Gasteiger partial charge in [0.2, 0.25) is 11.9 Å². The number of thiazole rings is 1. The predicted octanol–water partition coefficient (Wildman–Crippen LogP) is 5.01. The lowest BCUT2D eigenvalue weighted by molar-refractivity contribution is -0.113. The number of nitrogens with zero attached hydrogens (tertiary/aromatic N) is 5.